The summed E-state index contributed by atoms with van der Waals surface area (Å²) in [4.78, 5) is 13.6. The van der Waals surface area contributed by atoms with Gasteiger partial charge in [0.15, 0.2) is 0 Å². The van der Waals surface area contributed by atoms with Crippen molar-refractivity contribution < 1.29 is 20.1 Å². The van der Waals surface area contributed by atoms with Gasteiger partial charge in [0.2, 0.25) is 0 Å². The van der Waals surface area contributed by atoms with Crippen molar-refractivity contribution in [2.24, 2.45) is 41.2 Å². The van der Waals surface area contributed by atoms with Crippen LogP contribution in [0.5, 0.6) is 5.75 Å². The minimum Gasteiger partial charge on any atom is -0.511 e. The van der Waals surface area contributed by atoms with Gasteiger partial charge >= 0.3 is 5.97 Å². The summed E-state index contributed by atoms with van der Waals surface area (Å²) in [5.41, 5.74) is 11.4. The van der Waals surface area contributed by atoms with Crippen LogP contribution in [0, 0.1) is 35.5 Å². The first-order valence-electron chi connectivity index (χ1n) is 21.2. The summed E-state index contributed by atoms with van der Waals surface area (Å²) in [5, 5.41) is 35.2. The van der Waals surface area contributed by atoms with E-state index in [4.69, 9.17) is 5.73 Å². The molecular weight excluding hydrogens is 679 g/mol. The van der Waals surface area contributed by atoms with Crippen LogP contribution in [0.2, 0.25) is 0 Å². The average molecular weight is 738 g/mol. The lowest BCUT2D eigenvalue weighted by molar-refractivity contribution is -0.146. The predicted octanol–water partition coefficient (Wildman–Crippen LogP) is 9.48. The first kappa shape index (κ1) is 37.6. The van der Waals surface area contributed by atoms with Gasteiger partial charge in [0.05, 0.1) is 5.92 Å². The maximum absolute atomic E-state index is 13.6. The summed E-state index contributed by atoms with van der Waals surface area (Å²) in [7, 11) is 0. The van der Waals surface area contributed by atoms with E-state index in [0.717, 1.165) is 66.1 Å². The van der Waals surface area contributed by atoms with E-state index in [0.29, 0.717) is 24.5 Å². The molecule has 8 atom stereocenters. The first-order chi connectivity index (χ1) is 26.8. The van der Waals surface area contributed by atoms with Gasteiger partial charge in [0.1, 0.15) is 11.5 Å². The molecule has 1 fully saturated rings. The van der Waals surface area contributed by atoms with Crippen molar-refractivity contribution in [3.8, 4) is 5.75 Å². The number of aliphatic hydroxyl groups excluding tert-OH is 1. The molecule has 288 valence electrons. The fraction of sp³-hybridized carbons (Fsp3) is 0.460. The van der Waals surface area contributed by atoms with Gasteiger partial charge < -0.3 is 21.1 Å². The minimum atomic E-state index is -0.751. The molecule has 0 saturated heterocycles. The molecule has 3 aromatic carbocycles. The van der Waals surface area contributed by atoms with E-state index < -0.39 is 17.3 Å². The Morgan fingerprint density at radius 1 is 0.873 bits per heavy atom. The topological polar surface area (TPSA) is 104 Å². The van der Waals surface area contributed by atoms with E-state index in [-0.39, 0.29) is 29.4 Å². The number of fused-ring (bicyclic) bond motifs is 3. The van der Waals surface area contributed by atoms with E-state index in [9.17, 15) is 20.1 Å². The van der Waals surface area contributed by atoms with Crippen molar-refractivity contribution in [3.05, 3.63) is 129 Å². The molecule has 0 radical (unpaired) electrons. The second-order valence-electron chi connectivity index (χ2n) is 17.4. The van der Waals surface area contributed by atoms with Crippen LogP contribution < -0.4 is 16.2 Å². The summed E-state index contributed by atoms with van der Waals surface area (Å²) < 4.78 is 0. The van der Waals surface area contributed by atoms with Crippen LogP contribution in [0.4, 0.5) is 0 Å². The summed E-state index contributed by atoms with van der Waals surface area (Å²) in [6, 6.07) is 22.8. The Balaban J connectivity index is 1.09. The van der Waals surface area contributed by atoms with Crippen LogP contribution in [-0.4, -0.2) is 27.8 Å². The highest BCUT2D eigenvalue weighted by Crippen LogP contribution is 2.59. The van der Waals surface area contributed by atoms with E-state index in [1.807, 2.05) is 30.3 Å². The first-order valence-corrected chi connectivity index (χ1v) is 21.2. The molecular formula is C50H59NO4. The van der Waals surface area contributed by atoms with Gasteiger partial charge in [0, 0.05) is 16.6 Å². The normalized spacial score (nSPS) is 30.1. The van der Waals surface area contributed by atoms with Gasteiger partial charge in [-0.3, -0.25) is 4.79 Å². The zero-order valence-electron chi connectivity index (χ0n) is 32.3. The Morgan fingerprint density at radius 3 is 2.49 bits per heavy atom. The number of hydrogen-bond acceptors (Lipinski definition) is 4. The summed E-state index contributed by atoms with van der Waals surface area (Å²) in [6.07, 6.45) is 28.3. The fourth-order valence-electron chi connectivity index (χ4n) is 11.5. The van der Waals surface area contributed by atoms with Crippen LogP contribution in [0.3, 0.4) is 0 Å². The molecule has 5 aliphatic carbocycles. The number of carbonyl (C=O) groups is 1. The fourth-order valence-corrected chi connectivity index (χ4v) is 11.5. The largest absolute Gasteiger partial charge is 0.511 e. The lowest BCUT2D eigenvalue weighted by atomic mass is 9.49. The number of aromatic hydroxyl groups is 1. The Bertz CT molecular complexity index is 2080. The molecule has 0 heterocycles. The number of aliphatic hydroxyl groups is 1. The maximum atomic E-state index is 13.6. The number of carboxylic acids is 1. The van der Waals surface area contributed by atoms with Crippen molar-refractivity contribution in [3.63, 3.8) is 0 Å². The molecule has 3 aromatic rings. The Labute approximate surface area is 327 Å². The minimum absolute atomic E-state index is 0.0431. The van der Waals surface area contributed by atoms with E-state index in [2.05, 4.69) is 72.9 Å². The molecule has 1 saturated carbocycles. The van der Waals surface area contributed by atoms with Gasteiger partial charge in [-0.2, -0.15) is 0 Å². The Kier molecular flexibility index (Phi) is 11.2. The number of hydrogen-bond donors (Lipinski definition) is 4. The number of carboxylic acid groups (broad SMARTS) is 1. The molecule has 5 N–H and O–H groups in total. The third kappa shape index (κ3) is 7.62. The van der Waals surface area contributed by atoms with E-state index in [1.54, 1.807) is 5.57 Å². The molecule has 0 amide bonds. The smallest absolute Gasteiger partial charge is 0.307 e. The quantitative estimate of drug-likeness (QED) is 0.116. The molecule has 8 rings (SSSR count). The van der Waals surface area contributed by atoms with E-state index >= 15 is 0 Å². The summed E-state index contributed by atoms with van der Waals surface area (Å²) in [5.74, 6) is 0.757. The maximum Gasteiger partial charge on any atom is 0.307 e. The van der Waals surface area contributed by atoms with Gasteiger partial charge in [-0.15, -0.1) is 0 Å². The second kappa shape index (κ2) is 16.4. The standard InChI is InChI=1S/C50H59NO4/c51-26-25-34-16-15-33(27-34)9-3-1-2-4-10-36-11-6-8-14-46(49(54)55)50-32-45-40(30-39-12-5-7-13-43(39)48(45)53)31-41(50)22-19-38-18-17-35(29-47(38)50)28-44(36)37-20-23-42(52)24-21-37/h5-8,12-13,17-24,27,29-30,33,36,40-41,44-46,52-53H,1-4,9-11,14-16,25-26,28,31-32,51H2,(H,54,55)/b8-6+/t33-,36+,40+,41-,44-,45-,46-,50+/m0/s1. The molecule has 5 nitrogen and oxygen atoms in total. The molecule has 5 heteroatoms. The van der Waals surface area contributed by atoms with Crippen LogP contribution in [-0.2, 0) is 16.6 Å². The van der Waals surface area contributed by atoms with Crippen molar-refractivity contribution in [2.75, 3.05) is 6.54 Å². The molecule has 0 aliphatic heterocycles. The predicted molar refractivity (Wildman–Crippen MR) is 223 cm³/mol. The molecule has 1 spiro atoms. The Hall–Kier alpha value is -4.35. The van der Waals surface area contributed by atoms with Crippen LogP contribution in [0.1, 0.15) is 112 Å². The lowest BCUT2D eigenvalue weighted by Gasteiger charge is -2.54. The number of nitrogens with two attached hydrogens (primary N) is 1. The molecule has 5 aliphatic rings. The zero-order valence-corrected chi connectivity index (χ0v) is 32.3. The highest BCUT2D eigenvalue weighted by Gasteiger charge is 2.56. The molecule has 55 heavy (non-hydrogen) atoms. The Morgan fingerprint density at radius 2 is 1.67 bits per heavy atom. The third-order valence-corrected chi connectivity index (χ3v) is 14.3. The monoisotopic (exact) mass is 737 g/mol. The van der Waals surface area contributed by atoms with Gasteiger partial charge in [-0.1, -0.05) is 122 Å². The summed E-state index contributed by atoms with van der Waals surface area (Å²) in [6.45, 7) is 0.755. The number of allylic oxidation sites excluding steroid dienone is 4. The van der Waals surface area contributed by atoms with Crippen molar-refractivity contribution >= 4 is 23.9 Å². The number of aliphatic carboxylic acids is 1. The molecule has 0 unspecified atom stereocenters. The van der Waals surface area contributed by atoms with Crippen molar-refractivity contribution in [1.82, 2.24) is 0 Å². The summed E-state index contributed by atoms with van der Waals surface area (Å²) >= 11 is 0. The number of rotatable bonds is 11. The van der Waals surface area contributed by atoms with Crippen LogP contribution in [0.15, 0.2) is 96.6 Å². The molecule has 2 bridgehead atoms. The van der Waals surface area contributed by atoms with Crippen LogP contribution >= 0.6 is 0 Å². The van der Waals surface area contributed by atoms with Gasteiger partial charge in [-0.25, -0.2) is 0 Å². The number of benzene rings is 3. The highest BCUT2D eigenvalue weighted by molar-refractivity contribution is 5.76. The van der Waals surface area contributed by atoms with E-state index in [1.165, 1.54) is 56.1 Å². The second-order valence-corrected chi connectivity index (χ2v) is 17.4. The number of phenolic OH excluding ortho intramolecular Hbond substituents is 1. The zero-order chi connectivity index (χ0) is 37.9. The van der Waals surface area contributed by atoms with Gasteiger partial charge in [0.25, 0.3) is 0 Å². The SMILES string of the molecule is NCCC1=C[C@@H](CCCCCC[C@@H]2C/C=C/C[C@@H](C(=O)O)[C@@]34C[C@@H]5C(O)=c6ccccc6=C[C@@H]5C[C@@H]3C=Cc3ccc(cc34)C[C@@H]2c2ccc(O)cc2)CC1. The average Bonchev–Trinajstić information content (AvgIpc) is 3.64. The molecule has 0 aromatic heterocycles. The van der Waals surface area contributed by atoms with Crippen molar-refractivity contribution in [2.45, 2.75) is 101 Å². The highest BCUT2D eigenvalue weighted by atomic mass is 16.4. The number of unbranched alkanes of at least 4 members (excludes halogenated alkanes) is 3. The van der Waals surface area contributed by atoms with Crippen LogP contribution in [0.25, 0.3) is 17.9 Å². The lowest BCUT2D eigenvalue weighted by Crippen LogP contribution is -2.54. The van der Waals surface area contributed by atoms with Gasteiger partial charge in [-0.05, 0) is 140 Å². The number of phenols is 1. The third-order valence-electron chi connectivity index (χ3n) is 14.3. The van der Waals surface area contributed by atoms with Crippen molar-refractivity contribution in [1.29, 1.82) is 0 Å².